The highest BCUT2D eigenvalue weighted by Crippen LogP contribution is 2.59. The molecule has 33 heavy (non-hydrogen) atoms. The van der Waals surface area contributed by atoms with Crippen LogP contribution in [0.1, 0.15) is 11.3 Å². The standard InChI is InChI=1S/C29H23NO2P/c1-31-27-18-22(19-30)17-23-20-32-28(29(23)27)21-33(24-11-5-2-6-12-24,25-13-7-3-8-14-25)26-15-9-4-10-16-26/h2-18,20H,21H2,1H3/q+1. The van der Waals surface area contributed by atoms with Crippen molar-refractivity contribution in [1.82, 2.24) is 0 Å². The molecule has 0 saturated heterocycles. The van der Waals surface area contributed by atoms with E-state index >= 15 is 0 Å². The number of benzene rings is 4. The summed E-state index contributed by atoms with van der Waals surface area (Å²) in [5, 5.41) is 15.1. The summed E-state index contributed by atoms with van der Waals surface area (Å²) in [6.45, 7) is 0. The summed E-state index contributed by atoms with van der Waals surface area (Å²) in [7, 11) is -0.470. The first-order chi connectivity index (χ1) is 16.3. The van der Waals surface area contributed by atoms with Crippen LogP contribution in [-0.2, 0) is 6.16 Å². The van der Waals surface area contributed by atoms with Crippen LogP contribution < -0.4 is 20.7 Å². The lowest BCUT2D eigenvalue weighted by atomic mass is 10.1. The fourth-order valence-corrected chi connectivity index (χ4v) is 8.70. The van der Waals surface area contributed by atoms with Crippen LogP contribution in [0, 0.1) is 11.3 Å². The third kappa shape index (κ3) is 3.69. The van der Waals surface area contributed by atoms with Crippen LogP contribution in [-0.4, -0.2) is 7.11 Å². The summed E-state index contributed by atoms with van der Waals surface area (Å²) in [6, 6.07) is 38.0. The van der Waals surface area contributed by atoms with E-state index in [1.807, 2.05) is 6.07 Å². The molecule has 0 unspecified atom stereocenters. The van der Waals surface area contributed by atoms with Gasteiger partial charge in [-0.3, -0.25) is 0 Å². The lowest BCUT2D eigenvalue weighted by molar-refractivity contribution is 0.418. The van der Waals surface area contributed by atoms with Gasteiger partial charge in [0.1, 0.15) is 35.1 Å². The Morgan fingerprint density at radius 3 is 1.76 bits per heavy atom. The van der Waals surface area contributed by atoms with E-state index in [0.29, 0.717) is 17.5 Å². The van der Waals surface area contributed by atoms with Crippen LogP contribution in [0.4, 0.5) is 0 Å². The number of hydrogen-bond acceptors (Lipinski definition) is 3. The van der Waals surface area contributed by atoms with Crippen LogP contribution >= 0.6 is 7.26 Å². The minimum atomic E-state index is -2.11. The Bertz CT molecular complexity index is 1320. The number of hydrogen-bond donors (Lipinski definition) is 0. The van der Waals surface area contributed by atoms with Gasteiger partial charge in [0.25, 0.3) is 0 Å². The second-order valence-corrected chi connectivity index (χ2v) is 11.4. The summed E-state index contributed by atoms with van der Waals surface area (Å²) in [5.74, 6) is 1.54. The highest BCUT2D eigenvalue weighted by Gasteiger charge is 2.46. The minimum Gasteiger partial charge on any atom is -0.496 e. The summed E-state index contributed by atoms with van der Waals surface area (Å²) in [4.78, 5) is 0. The summed E-state index contributed by atoms with van der Waals surface area (Å²) in [5.41, 5.74) is 0.557. The second-order valence-electron chi connectivity index (χ2n) is 7.89. The molecule has 5 aromatic rings. The van der Waals surface area contributed by atoms with Gasteiger partial charge in [-0.05, 0) is 48.5 Å². The Hall–Kier alpha value is -3.86. The molecule has 4 heteroatoms. The molecule has 0 aliphatic heterocycles. The fourth-order valence-electron chi connectivity index (χ4n) is 4.55. The molecule has 1 aromatic heterocycles. The van der Waals surface area contributed by atoms with E-state index in [0.717, 1.165) is 16.5 Å². The third-order valence-corrected chi connectivity index (χ3v) is 10.4. The second kappa shape index (κ2) is 8.94. The monoisotopic (exact) mass is 448 g/mol. The molecule has 0 atom stereocenters. The minimum absolute atomic E-state index is 0.557. The van der Waals surface area contributed by atoms with E-state index in [9.17, 15) is 5.26 Å². The molecular formula is C29H23NO2P+. The molecule has 0 spiro atoms. The molecule has 0 bridgehead atoms. The number of nitriles is 1. The van der Waals surface area contributed by atoms with Crippen molar-refractivity contribution >= 4 is 33.9 Å². The van der Waals surface area contributed by atoms with E-state index in [4.69, 9.17) is 9.15 Å². The number of fused-ring (bicyclic) bond motifs is 1. The van der Waals surface area contributed by atoms with Gasteiger partial charge in [0.15, 0.2) is 5.76 Å². The Morgan fingerprint density at radius 2 is 1.30 bits per heavy atom. The van der Waals surface area contributed by atoms with Crippen molar-refractivity contribution in [3.05, 3.63) is 121 Å². The quantitative estimate of drug-likeness (QED) is 0.308. The van der Waals surface area contributed by atoms with Gasteiger partial charge >= 0.3 is 0 Å². The van der Waals surface area contributed by atoms with Crippen molar-refractivity contribution in [3.8, 4) is 11.8 Å². The summed E-state index contributed by atoms with van der Waals surface area (Å²) in [6.07, 6.45) is 2.44. The SMILES string of the molecule is COc1cc(C#N)cc2coc(C[P+](c3ccccc3)(c3ccccc3)c3ccccc3)c12. The average Bonchev–Trinajstić information content (AvgIpc) is 3.30. The molecule has 0 radical (unpaired) electrons. The van der Waals surface area contributed by atoms with Crippen molar-refractivity contribution in [1.29, 1.82) is 5.26 Å². The largest absolute Gasteiger partial charge is 0.496 e. The molecule has 160 valence electrons. The summed E-state index contributed by atoms with van der Waals surface area (Å²) < 4.78 is 11.9. The average molecular weight is 448 g/mol. The van der Waals surface area contributed by atoms with Gasteiger partial charge in [0.2, 0.25) is 0 Å². The Labute approximate surface area is 194 Å². The maximum atomic E-state index is 9.43. The Morgan fingerprint density at radius 1 is 0.788 bits per heavy atom. The molecule has 0 aliphatic carbocycles. The Balaban J connectivity index is 1.81. The summed E-state index contributed by atoms with van der Waals surface area (Å²) >= 11 is 0. The number of nitrogens with zero attached hydrogens (tertiary/aromatic N) is 1. The van der Waals surface area contributed by atoms with Gasteiger partial charge in [-0.1, -0.05) is 54.6 Å². The van der Waals surface area contributed by atoms with Crippen molar-refractivity contribution in [3.63, 3.8) is 0 Å². The van der Waals surface area contributed by atoms with Gasteiger partial charge in [-0.2, -0.15) is 5.26 Å². The highest BCUT2D eigenvalue weighted by molar-refractivity contribution is 7.95. The molecule has 4 aromatic carbocycles. The third-order valence-electron chi connectivity index (χ3n) is 6.06. The predicted octanol–water partition coefficient (Wildman–Crippen LogP) is 5.81. The smallest absolute Gasteiger partial charge is 0.153 e. The van der Waals surface area contributed by atoms with Crippen LogP contribution in [0.25, 0.3) is 10.8 Å². The molecule has 3 nitrogen and oxygen atoms in total. The first-order valence-corrected chi connectivity index (χ1v) is 12.8. The van der Waals surface area contributed by atoms with Crippen LogP contribution in [0.2, 0.25) is 0 Å². The first-order valence-electron chi connectivity index (χ1n) is 10.8. The van der Waals surface area contributed by atoms with Crippen molar-refractivity contribution < 1.29 is 9.15 Å². The fraction of sp³-hybridized carbons (Fsp3) is 0.0690. The van der Waals surface area contributed by atoms with Gasteiger partial charge in [-0.25, -0.2) is 0 Å². The van der Waals surface area contributed by atoms with E-state index < -0.39 is 7.26 Å². The van der Waals surface area contributed by atoms with Crippen molar-refractivity contribution in [2.24, 2.45) is 0 Å². The van der Waals surface area contributed by atoms with Crippen molar-refractivity contribution in [2.45, 2.75) is 6.16 Å². The first kappa shape index (κ1) is 21.0. The predicted molar refractivity (Wildman–Crippen MR) is 136 cm³/mol. The molecular weight excluding hydrogens is 425 g/mol. The molecule has 0 N–H and O–H groups in total. The number of ether oxygens (including phenoxy) is 1. The van der Waals surface area contributed by atoms with Gasteiger partial charge in [0, 0.05) is 5.39 Å². The maximum absolute atomic E-state index is 9.43. The molecule has 0 fully saturated rings. The maximum Gasteiger partial charge on any atom is 0.153 e. The molecule has 5 rings (SSSR count). The van der Waals surface area contributed by atoms with E-state index in [2.05, 4.69) is 97.1 Å². The lowest BCUT2D eigenvalue weighted by Crippen LogP contribution is -2.32. The molecule has 0 saturated carbocycles. The zero-order chi connectivity index (χ0) is 22.7. The topological polar surface area (TPSA) is 46.2 Å². The zero-order valence-electron chi connectivity index (χ0n) is 18.3. The normalized spacial score (nSPS) is 11.3. The van der Waals surface area contributed by atoms with E-state index in [1.54, 1.807) is 19.4 Å². The van der Waals surface area contributed by atoms with E-state index in [1.165, 1.54) is 15.9 Å². The van der Waals surface area contributed by atoms with Gasteiger partial charge < -0.3 is 9.15 Å². The highest BCUT2D eigenvalue weighted by atomic mass is 31.2. The van der Waals surface area contributed by atoms with Gasteiger partial charge in [-0.15, -0.1) is 0 Å². The number of rotatable bonds is 6. The Kier molecular flexibility index (Phi) is 5.69. The molecule has 0 aliphatic rings. The van der Waals surface area contributed by atoms with E-state index in [-0.39, 0.29) is 0 Å². The number of methoxy groups -OCH3 is 1. The zero-order valence-corrected chi connectivity index (χ0v) is 19.2. The van der Waals surface area contributed by atoms with Crippen LogP contribution in [0.3, 0.4) is 0 Å². The van der Waals surface area contributed by atoms with Crippen LogP contribution in [0.15, 0.2) is 114 Å². The van der Waals surface area contributed by atoms with Crippen molar-refractivity contribution in [2.75, 3.05) is 7.11 Å². The van der Waals surface area contributed by atoms with Gasteiger partial charge in [0.05, 0.1) is 30.4 Å². The molecule has 0 amide bonds. The lowest BCUT2D eigenvalue weighted by Gasteiger charge is -2.27. The number of furan rings is 1. The van der Waals surface area contributed by atoms with Crippen LogP contribution in [0.5, 0.6) is 5.75 Å². The molecule has 1 heterocycles.